The quantitative estimate of drug-likeness (QED) is 0.198. The van der Waals surface area contributed by atoms with E-state index in [2.05, 4.69) is 17.9 Å². The summed E-state index contributed by atoms with van der Waals surface area (Å²) in [6, 6.07) is 0. The number of rotatable bonds is 6. The Bertz CT molecular complexity index is 194. The third kappa shape index (κ3) is 3.16. The minimum Gasteiger partial charge on any atom is -0.467 e. The Morgan fingerprint density at radius 3 is 2.42 bits per heavy atom. The molecule has 0 spiro atoms. The van der Waals surface area contributed by atoms with Gasteiger partial charge in [0.2, 0.25) is 0 Å². The molecule has 0 saturated carbocycles. The lowest BCUT2D eigenvalue weighted by Crippen LogP contribution is -1.98. The largest absolute Gasteiger partial charge is 0.467 e. The Kier molecular flexibility index (Phi) is 5.65. The van der Waals surface area contributed by atoms with Gasteiger partial charge in [-0.2, -0.15) is 0 Å². The van der Waals surface area contributed by atoms with Crippen molar-refractivity contribution in [3.05, 3.63) is 36.6 Å². The lowest BCUT2D eigenvalue weighted by atomic mass is 10.2. The first kappa shape index (κ1) is 10.7. The van der Waals surface area contributed by atoms with E-state index in [0.717, 1.165) is 0 Å². The Morgan fingerprint density at radius 2 is 2.08 bits per heavy atom. The van der Waals surface area contributed by atoms with Crippen molar-refractivity contribution in [3.8, 4) is 0 Å². The number of carbonyl (C=O) groups excluding carboxylic acids is 1. The van der Waals surface area contributed by atoms with Crippen LogP contribution >= 0.6 is 0 Å². The van der Waals surface area contributed by atoms with E-state index >= 15 is 0 Å². The molecule has 0 aromatic heterocycles. The van der Waals surface area contributed by atoms with Gasteiger partial charge in [0.15, 0.2) is 13.1 Å². The number of aldehydes is 1. The van der Waals surface area contributed by atoms with E-state index in [-0.39, 0.29) is 6.79 Å². The monoisotopic (exact) mass is 168 g/mol. The maximum absolute atomic E-state index is 10.4. The van der Waals surface area contributed by atoms with E-state index in [4.69, 9.17) is 4.74 Å². The van der Waals surface area contributed by atoms with E-state index in [9.17, 15) is 4.79 Å². The summed E-state index contributed by atoms with van der Waals surface area (Å²) in [5, 5.41) is 0. The van der Waals surface area contributed by atoms with Crippen LogP contribution < -0.4 is 0 Å². The molecule has 0 aliphatic heterocycles. The van der Waals surface area contributed by atoms with Crippen molar-refractivity contribution in [3.63, 3.8) is 0 Å². The summed E-state index contributed by atoms with van der Waals surface area (Å²) in [7, 11) is 1.50. The highest BCUT2D eigenvalue weighted by Crippen LogP contribution is 2.06. The van der Waals surface area contributed by atoms with Crippen LogP contribution in [0.2, 0.25) is 0 Å². The van der Waals surface area contributed by atoms with Gasteiger partial charge in [0.05, 0.1) is 5.57 Å². The van der Waals surface area contributed by atoms with Crippen molar-refractivity contribution in [1.82, 2.24) is 0 Å². The average Bonchev–Trinajstić information content (AvgIpc) is 2.12. The van der Waals surface area contributed by atoms with Crippen molar-refractivity contribution in [2.45, 2.75) is 0 Å². The molecule has 0 atom stereocenters. The molecule has 0 heterocycles. The minimum atomic E-state index is 0.0898. The van der Waals surface area contributed by atoms with Crippen LogP contribution in [0, 0.1) is 0 Å². The molecule has 3 nitrogen and oxygen atoms in total. The van der Waals surface area contributed by atoms with Gasteiger partial charge in [-0.15, -0.1) is 0 Å². The zero-order chi connectivity index (χ0) is 9.40. The van der Waals surface area contributed by atoms with Gasteiger partial charge in [0.1, 0.15) is 5.76 Å². The molecular formula is C9H12O3. The SMILES string of the molecule is C=C/C(C=O)=C(\C=C)OCOC. The number of ether oxygens (including phenoxy) is 2. The summed E-state index contributed by atoms with van der Waals surface area (Å²) < 4.78 is 9.68. The van der Waals surface area contributed by atoms with Crippen LogP contribution in [0.5, 0.6) is 0 Å². The van der Waals surface area contributed by atoms with Crippen LogP contribution in [-0.2, 0) is 14.3 Å². The predicted octanol–water partition coefficient (Wildman–Crippen LogP) is 1.43. The second-order valence-corrected chi connectivity index (χ2v) is 1.90. The number of hydrogen-bond donors (Lipinski definition) is 0. The molecule has 0 aromatic carbocycles. The normalized spacial score (nSPS) is 11.4. The van der Waals surface area contributed by atoms with Crippen LogP contribution in [0.25, 0.3) is 0 Å². The fraction of sp³-hybridized carbons (Fsp3) is 0.222. The first-order valence-corrected chi connectivity index (χ1v) is 3.36. The van der Waals surface area contributed by atoms with Crippen LogP contribution in [0.1, 0.15) is 0 Å². The van der Waals surface area contributed by atoms with Crippen molar-refractivity contribution >= 4 is 6.29 Å². The Labute approximate surface area is 72.0 Å². The van der Waals surface area contributed by atoms with Gasteiger partial charge < -0.3 is 9.47 Å². The summed E-state index contributed by atoms with van der Waals surface area (Å²) in [5.74, 6) is 0.377. The number of allylic oxidation sites excluding steroid dienone is 3. The molecular weight excluding hydrogens is 156 g/mol. The van der Waals surface area contributed by atoms with Gasteiger partial charge in [0.25, 0.3) is 0 Å². The van der Waals surface area contributed by atoms with E-state index < -0.39 is 0 Å². The van der Waals surface area contributed by atoms with E-state index in [1.807, 2.05) is 0 Å². The van der Waals surface area contributed by atoms with Crippen LogP contribution in [0.3, 0.4) is 0 Å². The van der Waals surface area contributed by atoms with Gasteiger partial charge in [-0.05, 0) is 6.08 Å². The molecule has 0 aliphatic carbocycles. The molecule has 0 unspecified atom stereocenters. The van der Waals surface area contributed by atoms with Crippen LogP contribution in [0.15, 0.2) is 36.6 Å². The number of hydrogen-bond acceptors (Lipinski definition) is 3. The first-order valence-electron chi connectivity index (χ1n) is 3.36. The lowest BCUT2D eigenvalue weighted by Gasteiger charge is -2.05. The van der Waals surface area contributed by atoms with Gasteiger partial charge in [0, 0.05) is 7.11 Å². The van der Waals surface area contributed by atoms with Crippen molar-refractivity contribution in [1.29, 1.82) is 0 Å². The molecule has 0 N–H and O–H groups in total. The molecule has 0 aliphatic rings. The maximum Gasteiger partial charge on any atom is 0.188 e. The highest BCUT2D eigenvalue weighted by atomic mass is 16.7. The van der Waals surface area contributed by atoms with E-state index in [1.54, 1.807) is 0 Å². The number of methoxy groups -OCH3 is 1. The molecule has 3 heteroatoms. The fourth-order valence-corrected chi connectivity index (χ4v) is 0.589. The highest BCUT2D eigenvalue weighted by molar-refractivity contribution is 5.78. The molecule has 0 saturated heterocycles. The van der Waals surface area contributed by atoms with Gasteiger partial charge in [-0.1, -0.05) is 19.2 Å². The Morgan fingerprint density at radius 1 is 1.42 bits per heavy atom. The smallest absolute Gasteiger partial charge is 0.188 e. The molecule has 0 radical (unpaired) electrons. The standard InChI is InChI=1S/C9H12O3/c1-4-8(6-10)9(5-2)12-7-11-3/h4-6H,1-2,7H2,3H3/b9-8-. The molecule has 0 fully saturated rings. The van der Waals surface area contributed by atoms with E-state index in [0.29, 0.717) is 17.6 Å². The zero-order valence-corrected chi connectivity index (χ0v) is 7.08. The van der Waals surface area contributed by atoms with Crippen LogP contribution in [0.4, 0.5) is 0 Å². The third-order valence-corrected chi connectivity index (χ3v) is 1.15. The van der Waals surface area contributed by atoms with Crippen LogP contribution in [-0.4, -0.2) is 20.2 Å². The molecule has 12 heavy (non-hydrogen) atoms. The molecule has 0 amide bonds. The molecule has 0 rings (SSSR count). The second-order valence-electron chi connectivity index (χ2n) is 1.90. The summed E-state index contributed by atoms with van der Waals surface area (Å²) in [4.78, 5) is 10.4. The maximum atomic E-state index is 10.4. The highest BCUT2D eigenvalue weighted by Gasteiger charge is 1.99. The average molecular weight is 168 g/mol. The third-order valence-electron chi connectivity index (χ3n) is 1.15. The summed E-state index contributed by atoms with van der Waals surface area (Å²) >= 11 is 0. The Balaban J connectivity index is 4.45. The molecule has 0 aromatic rings. The van der Waals surface area contributed by atoms with Crippen molar-refractivity contribution in [2.24, 2.45) is 0 Å². The zero-order valence-electron chi connectivity index (χ0n) is 7.08. The van der Waals surface area contributed by atoms with Gasteiger partial charge in [-0.3, -0.25) is 4.79 Å². The van der Waals surface area contributed by atoms with Gasteiger partial charge in [-0.25, -0.2) is 0 Å². The molecule has 0 bridgehead atoms. The van der Waals surface area contributed by atoms with E-state index in [1.165, 1.54) is 19.3 Å². The lowest BCUT2D eigenvalue weighted by molar-refractivity contribution is -0.104. The topological polar surface area (TPSA) is 35.5 Å². The second kappa shape index (κ2) is 6.37. The number of carbonyl (C=O) groups is 1. The Hall–Kier alpha value is -1.35. The summed E-state index contributed by atoms with van der Waals surface area (Å²) in [6.45, 7) is 7.03. The summed E-state index contributed by atoms with van der Waals surface area (Å²) in [5.41, 5.74) is 0.363. The minimum absolute atomic E-state index is 0.0898. The van der Waals surface area contributed by atoms with Crippen molar-refractivity contribution < 1.29 is 14.3 Å². The predicted molar refractivity (Wildman–Crippen MR) is 46.4 cm³/mol. The molecule has 66 valence electrons. The first-order chi connectivity index (χ1) is 5.79. The van der Waals surface area contributed by atoms with Gasteiger partial charge >= 0.3 is 0 Å². The fourth-order valence-electron chi connectivity index (χ4n) is 0.589. The van der Waals surface area contributed by atoms with Crippen molar-refractivity contribution in [2.75, 3.05) is 13.9 Å². The summed E-state index contributed by atoms with van der Waals surface area (Å²) in [6.07, 6.45) is 3.49.